The average Bonchev–Trinajstić information content (AvgIpc) is 3.83. The quantitative estimate of drug-likeness (QED) is 0.187. The number of aromatic nitrogens is 1. The van der Waals surface area contributed by atoms with Gasteiger partial charge in [0.15, 0.2) is 0 Å². The maximum Gasteiger partial charge on any atom is 0.124 e. The molecule has 220 valence electrons. The molecular formula is C43H26N2S2. The van der Waals surface area contributed by atoms with Crippen molar-refractivity contribution in [1.82, 2.24) is 4.98 Å². The highest BCUT2D eigenvalue weighted by Gasteiger charge is 2.26. The number of nitrogens with zero attached hydrogens (tertiary/aromatic N) is 2. The van der Waals surface area contributed by atoms with E-state index in [0.29, 0.717) is 0 Å². The van der Waals surface area contributed by atoms with E-state index in [-0.39, 0.29) is 0 Å². The van der Waals surface area contributed by atoms with Gasteiger partial charge in [-0.3, -0.25) is 0 Å². The summed E-state index contributed by atoms with van der Waals surface area (Å²) >= 11 is 3.65. The minimum absolute atomic E-state index is 1.05. The Kier molecular flexibility index (Phi) is 5.95. The van der Waals surface area contributed by atoms with Crippen LogP contribution in [0, 0.1) is 0 Å². The van der Waals surface area contributed by atoms with E-state index in [0.717, 1.165) is 27.6 Å². The normalized spacial score (nSPS) is 11.8. The molecule has 0 amide bonds. The summed E-state index contributed by atoms with van der Waals surface area (Å²) in [6.45, 7) is 0. The van der Waals surface area contributed by atoms with Gasteiger partial charge in [-0.15, -0.1) is 22.7 Å². The number of hydrogen-bond acceptors (Lipinski definition) is 4. The fourth-order valence-electron chi connectivity index (χ4n) is 7.06. The average molecular weight is 635 g/mol. The Morgan fingerprint density at radius 1 is 0.468 bits per heavy atom. The van der Waals surface area contributed by atoms with Crippen LogP contribution in [0.5, 0.6) is 0 Å². The maximum atomic E-state index is 5.20. The fourth-order valence-corrected chi connectivity index (χ4v) is 9.38. The van der Waals surface area contributed by atoms with Crippen molar-refractivity contribution in [3.8, 4) is 43.4 Å². The molecule has 2 aromatic heterocycles. The lowest BCUT2D eigenvalue weighted by molar-refractivity contribution is 1.30. The summed E-state index contributed by atoms with van der Waals surface area (Å²) in [5, 5.41) is 6.26. The summed E-state index contributed by atoms with van der Waals surface area (Å²) < 4.78 is 2.59. The molecule has 9 aromatic rings. The molecule has 1 aliphatic carbocycles. The molecule has 10 rings (SSSR count). The summed E-state index contributed by atoms with van der Waals surface area (Å²) in [6, 6.07) is 57.0. The SMILES string of the molecule is c1ccc(-c2ccc(N(c3ccc(-c4nc5c(s4)-c4cccc6cccc-5c46)cc3)c3cccc4c3sc3ccccc34)cc2)cc1. The number of hydrogen-bond donors (Lipinski definition) is 0. The minimum atomic E-state index is 1.05. The van der Waals surface area contributed by atoms with E-state index in [9.17, 15) is 0 Å². The lowest BCUT2D eigenvalue weighted by Gasteiger charge is -2.26. The molecule has 0 radical (unpaired) electrons. The Labute approximate surface area is 280 Å². The number of thiophene rings is 1. The zero-order chi connectivity index (χ0) is 30.9. The Hall–Kier alpha value is -5.55. The predicted octanol–water partition coefficient (Wildman–Crippen LogP) is 13.1. The Morgan fingerprint density at radius 2 is 1.11 bits per heavy atom. The maximum absolute atomic E-state index is 5.20. The monoisotopic (exact) mass is 634 g/mol. The van der Waals surface area contributed by atoms with E-state index >= 15 is 0 Å². The molecule has 0 saturated heterocycles. The van der Waals surface area contributed by atoms with Crippen molar-refractivity contribution in [1.29, 1.82) is 0 Å². The second kappa shape index (κ2) is 10.5. The summed E-state index contributed by atoms with van der Waals surface area (Å²) in [7, 11) is 0. The van der Waals surface area contributed by atoms with Crippen LogP contribution in [-0.2, 0) is 0 Å². The molecule has 0 aliphatic heterocycles. The zero-order valence-electron chi connectivity index (χ0n) is 25.2. The zero-order valence-corrected chi connectivity index (χ0v) is 26.9. The highest BCUT2D eigenvalue weighted by atomic mass is 32.1. The van der Waals surface area contributed by atoms with Crippen molar-refractivity contribution in [2.45, 2.75) is 0 Å². The number of rotatable bonds is 5. The molecular weight excluding hydrogens is 609 g/mol. The van der Waals surface area contributed by atoms with Gasteiger partial charge < -0.3 is 4.90 Å². The molecule has 1 aliphatic rings. The molecule has 47 heavy (non-hydrogen) atoms. The molecule has 0 unspecified atom stereocenters. The molecule has 0 atom stereocenters. The van der Waals surface area contributed by atoms with E-state index in [1.54, 1.807) is 11.3 Å². The van der Waals surface area contributed by atoms with Crippen LogP contribution in [-0.4, -0.2) is 4.98 Å². The molecule has 0 fully saturated rings. The Morgan fingerprint density at radius 3 is 1.89 bits per heavy atom. The van der Waals surface area contributed by atoms with E-state index in [1.165, 1.54) is 63.8 Å². The predicted molar refractivity (Wildman–Crippen MR) is 202 cm³/mol. The van der Waals surface area contributed by atoms with E-state index < -0.39 is 0 Å². The van der Waals surface area contributed by atoms with Crippen molar-refractivity contribution in [3.63, 3.8) is 0 Å². The van der Waals surface area contributed by atoms with Crippen LogP contribution in [0.1, 0.15) is 0 Å². The van der Waals surface area contributed by atoms with Crippen molar-refractivity contribution < 1.29 is 0 Å². The molecule has 0 N–H and O–H groups in total. The van der Waals surface area contributed by atoms with E-state index in [4.69, 9.17) is 4.98 Å². The van der Waals surface area contributed by atoms with Crippen molar-refractivity contribution in [3.05, 3.63) is 158 Å². The van der Waals surface area contributed by atoms with Gasteiger partial charge in [0.2, 0.25) is 0 Å². The Balaban J connectivity index is 1.09. The third-order valence-corrected chi connectivity index (χ3v) is 11.6. The Bertz CT molecular complexity index is 2560. The number of anilines is 3. The summed E-state index contributed by atoms with van der Waals surface area (Å²) in [4.78, 5) is 8.87. The largest absolute Gasteiger partial charge is 0.309 e. The first-order valence-corrected chi connectivity index (χ1v) is 17.4. The smallest absolute Gasteiger partial charge is 0.124 e. The van der Waals surface area contributed by atoms with E-state index in [1.807, 2.05) is 11.3 Å². The minimum Gasteiger partial charge on any atom is -0.309 e. The first-order chi connectivity index (χ1) is 23.3. The molecule has 0 saturated carbocycles. The molecule has 2 heterocycles. The topological polar surface area (TPSA) is 16.1 Å². The first kappa shape index (κ1) is 26.6. The second-order valence-corrected chi connectivity index (χ2v) is 14.0. The number of fused-ring (bicyclic) bond motifs is 6. The van der Waals surface area contributed by atoms with Crippen LogP contribution in [0.25, 0.3) is 74.3 Å². The highest BCUT2D eigenvalue weighted by molar-refractivity contribution is 7.26. The van der Waals surface area contributed by atoms with E-state index in [2.05, 4.69) is 163 Å². The van der Waals surface area contributed by atoms with Gasteiger partial charge in [0.05, 0.1) is 21.0 Å². The lowest BCUT2D eigenvalue weighted by Crippen LogP contribution is -2.10. The third kappa shape index (κ3) is 4.19. The van der Waals surface area contributed by atoms with Crippen LogP contribution >= 0.6 is 22.7 Å². The molecule has 0 bridgehead atoms. The van der Waals surface area contributed by atoms with Gasteiger partial charge in [-0.05, 0) is 70.4 Å². The fraction of sp³-hybridized carbons (Fsp3) is 0. The van der Waals surface area contributed by atoms with Gasteiger partial charge in [-0.25, -0.2) is 4.98 Å². The first-order valence-electron chi connectivity index (χ1n) is 15.8. The van der Waals surface area contributed by atoms with Crippen LogP contribution in [0.2, 0.25) is 0 Å². The molecule has 0 spiro atoms. The highest BCUT2D eigenvalue weighted by Crippen LogP contribution is 2.51. The van der Waals surface area contributed by atoms with Gasteiger partial charge in [0.25, 0.3) is 0 Å². The number of benzene rings is 7. The summed E-state index contributed by atoms with van der Waals surface area (Å²) in [6.07, 6.45) is 0. The summed E-state index contributed by atoms with van der Waals surface area (Å²) in [5.41, 5.74) is 10.6. The van der Waals surface area contributed by atoms with Crippen molar-refractivity contribution >= 4 is 70.7 Å². The molecule has 7 aromatic carbocycles. The van der Waals surface area contributed by atoms with Gasteiger partial charge in [-0.1, -0.05) is 109 Å². The van der Waals surface area contributed by atoms with Crippen LogP contribution in [0.4, 0.5) is 17.1 Å². The van der Waals surface area contributed by atoms with Gasteiger partial charge in [0, 0.05) is 43.5 Å². The number of thiazole rings is 1. The second-order valence-electron chi connectivity index (χ2n) is 12.0. The lowest BCUT2D eigenvalue weighted by atomic mass is 10.0. The van der Waals surface area contributed by atoms with Crippen LogP contribution in [0.15, 0.2) is 158 Å². The van der Waals surface area contributed by atoms with Crippen LogP contribution in [0.3, 0.4) is 0 Å². The standard InChI is InChI=1S/C43H26N2S2/c1-2-9-27(10-3-1)28-19-23-31(24-20-28)45(37-17-8-14-34-33-13-4-5-18-38(33)46-41(34)37)32-25-21-30(22-26-32)43-44-40-35-15-6-11-29-12-7-16-36(39(29)35)42(40)47-43/h1-26H. The third-order valence-electron chi connectivity index (χ3n) is 9.26. The van der Waals surface area contributed by atoms with Crippen LogP contribution < -0.4 is 4.90 Å². The van der Waals surface area contributed by atoms with Crippen molar-refractivity contribution in [2.75, 3.05) is 4.90 Å². The molecule has 4 heteroatoms. The molecule has 2 nitrogen and oxygen atoms in total. The van der Waals surface area contributed by atoms with Crippen molar-refractivity contribution in [2.24, 2.45) is 0 Å². The van der Waals surface area contributed by atoms with Gasteiger partial charge in [-0.2, -0.15) is 0 Å². The summed E-state index contributed by atoms with van der Waals surface area (Å²) in [5.74, 6) is 0. The van der Waals surface area contributed by atoms with Gasteiger partial charge >= 0.3 is 0 Å². The van der Waals surface area contributed by atoms with Gasteiger partial charge in [0.1, 0.15) is 5.01 Å².